The molecule has 1 aromatic carbocycles. The van der Waals surface area contributed by atoms with Gasteiger partial charge in [-0.15, -0.1) is 5.10 Å². The van der Waals surface area contributed by atoms with Crippen LogP contribution in [0, 0.1) is 0 Å². The summed E-state index contributed by atoms with van der Waals surface area (Å²) in [4.78, 5) is 4.43. The van der Waals surface area contributed by atoms with Crippen LogP contribution < -0.4 is 10.1 Å². The number of nitrogens with zero attached hydrogens (tertiary/aromatic N) is 3. The fourth-order valence-electron chi connectivity index (χ4n) is 2.10. The van der Waals surface area contributed by atoms with Crippen LogP contribution in [0.2, 0.25) is 0 Å². The Morgan fingerprint density at radius 3 is 2.67 bits per heavy atom. The van der Waals surface area contributed by atoms with E-state index in [4.69, 9.17) is 4.74 Å². The lowest BCUT2D eigenvalue weighted by Crippen LogP contribution is -1.95. The van der Waals surface area contributed by atoms with E-state index in [1.807, 2.05) is 66.2 Å². The van der Waals surface area contributed by atoms with E-state index >= 15 is 0 Å². The van der Waals surface area contributed by atoms with E-state index in [0.717, 1.165) is 22.7 Å². The van der Waals surface area contributed by atoms with Crippen molar-refractivity contribution in [3.8, 4) is 17.0 Å². The van der Waals surface area contributed by atoms with Crippen LogP contribution in [0.25, 0.3) is 16.9 Å². The molecule has 3 aromatic rings. The molecule has 0 unspecified atom stereocenters. The highest BCUT2D eigenvalue weighted by atomic mass is 16.5. The van der Waals surface area contributed by atoms with Crippen LogP contribution in [0.1, 0.15) is 6.92 Å². The van der Waals surface area contributed by atoms with Gasteiger partial charge in [0.1, 0.15) is 5.75 Å². The third-order valence-electron chi connectivity index (χ3n) is 3.12. The van der Waals surface area contributed by atoms with E-state index in [9.17, 15) is 0 Å². The van der Waals surface area contributed by atoms with E-state index < -0.39 is 0 Å². The van der Waals surface area contributed by atoms with Crippen molar-refractivity contribution in [3.63, 3.8) is 0 Å². The van der Waals surface area contributed by atoms with Crippen molar-refractivity contribution in [2.75, 3.05) is 12.4 Å². The molecule has 0 atom stereocenters. The highest BCUT2D eigenvalue weighted by Crippen LogP contribution is 2.23. The summed E-state index contributed by atoms with van der Waals surface area (Å²) in [6.07, 6.45) is 3.71. The van der Waals surface area contributed by atoms with Crippen LogP contribution in [-0.2, 0) is 0 Å². The van der Waals surface area contributed by atoms with Crippen molar-refractivity contribution in [1.29, 1.82) is 0 Å². The maximum absolute atomic E-state index is 5.19. The normalized spacial score (nSPS) is 11.1. The van der Waals surface area contributed by atoms with Crippen molar-refractivity contribution < 1.29 is 4.74 Å². The number of benzene rings is 1. The van der Waals surface area contributed by atoms with Gasteiger partial charge in [0.05, 0.1) is 12.8 Å². The largest absolute Gasteiger partial charge is 0.497 e. The van der Waals surface area contributed by atoms with Gasteiger partial charge in [0.2, 0.25) is 5.95 Å². The van der Waals surface area contributed by atoms with Crippen LogP contribution in [0.3, 0.4) is 0 Å². The Morgan fingerprint density at radius 2 is 1.95 bits per heavy atom. The van der Waals surface area contributed by atoms with Gasteiger partial charge < -0.3 is 10.1 Å². The second-order valence-electron chi connectivity index (χ2n) is 4.49. The molecular formula is C16H16N4O. The van der Waals surface area contributed by atoms with Gasteiger partial charge in [-0.2, -0.15) is 4.98 Å². The van der Waals surface area contributed by atoms with Gasteiger partial charge in [-0.1, -0.05) is 12.1 Å². The Bertz CT molecular complexity index is 775. The molecule has 21 heavy (non-hydrogen) atoms. The molecule has 0 spiro atoms. The highest BCUT2D eigenvalue weighted by molar-refractivity contribution is 5.64. The number of methoxy groups -OCH3 is 1. The quantitative estimate of drug-likeness (QED) is 0.796. The predicted octanol–water partition coefficient (Wildman–Crippen LogP) is 3.35. The number of hydrogen-bond donors (Lipinski definition) is 1. The number of fused-ring (bicyclic) bond motifs is 1. The van der Waals surface area contributed by atoms with Gasteiger partial charge in [0.25, 0.3) is 0 Å². The van der Waals surface area contributed by atoms with Crippen molar-refractivity contribution in [3.05, 3.63) is 54.7 Å². The summed E-state index contributed by atoms with van der Waals surface area (Å²) < 4.78 is 7.02. The first-order valence-electron chi connectivity index (χ1n) is 6.70. The number of allylic oxidation sites excluding steroid dienone is 1. The van der Waals surface area contributed by atoms with Crippen LogP contribution in [0.5, 0.6) is 5.75 Å². The maximum atomic E-state index is 5.19. The van der Waals surface area contributed by atoms with Gasteiger partial charge in [0.15, 0.2) is 5.65 Å². The lowest BCUT2D eigenvalue weighted by molar-refractivity contribution is 0.415. The molecule has 3 rings (SSSR count). The molecule has 2 aromatic heterocycles. The van der Waals surface area contributed by atoms with Crippen molar-refractivity contribution in [2.45, 2.75) is 6.92 Å². The molecule has 5 heteroatoms. The molecule has 0 radical (unpaired) electrons. The first-order valence-corrected chi connectivity index (χ1v) is 6.70. The fraction of sp³-hybridized carbons (Fsp3) is 0.125. The molecule has 0 bridgehead atoms. The van der Waals surface area contributed by atoms with Gasteiger partial charge in [0, 0.05) is 5.56 Å². The number of ether oxygens (including phenoxy) is 1. The minimum absolute atomic E-state index is 0.578. The predicted molar refractivity (Wildman–Crippen MR) is 83.4 cm³/mol. The van der Waals surface area contributed by atoms with Gasteiger partial charge in [-0.25, -0.2) is 4.52 Å². The lowest BCUT2D eigenvalue weighted by atomic mass is 10.1. The monoisotopic (exact) mass is 280 g/mol. The SMILES string of the molecule is C/C=C/Nc1nc2cccc(-c3ccc(OC)cc3)n2n1. The topological polar surface area (TPSA) is 51.5 Å². The minimum Gasteiger partial charge on any atom is -0.497 e. The summed E-state index contributed by atoms with van der Waals surface area (Å²) in [5.41, 5.74) is 2.84. The molecule has 0 aliphatic heterocycles. The molecule has 0 amide bonds. The number of anilines is 1. The summed E-state index contributed by atoms with van der Waals surface area (Å²) >= 11 is 0. The summed E-state index contributed by atoms with van der Waals surface area (Å²) in [5.74, 6) is 1.41. The minimum atomic E-state index is 0.578. The third-order valence-corrected chi connectivity index (χ3v) is 3.12. The van der Waals surface area contributed by atoms with Crippen LogP contribution in [-0.4, -0.2) is 21.7 Å². The molecule has 0 aliphatic carbocycles. The number of rotatable bonds is 4. The number of pyridine rings is 1. The molecule has 0 saturated carbocycles. The zero-order valence-electron chi connectivity index (χ0n) is 11.9. The standard InChI is InChI=1S/C16H16N4O/c1-3-11-17-16-18-15-6-4-5-14(20(15)19-16)12-7-9-13(21-2)10-8-12/h3-11H,1-2H3,(H,17,19)/b11-3+. The average molecular weight is 280 g/mol. The van der Waals surface area contributed by atoms with Crippen molar-refractivity contribution >= 4 is 11.6 Å². The maximum Gasteiger partial charge on any atom is 0.247 e. The zero-order chi connectivity index (χ0) is 14.7. The Labute approximate surface area is 122 Å². The second-order valence-corrected chi connectivity index (χ2v) is 4.49. The van der Waals surface area contributed by atoms with Crippen LogP contribution in [0.4, 0.5) is 5.95 Å². The average Bonchev–Trinajstić information content (AvgIpc) is 2.96. The molecular weight excluding hydrogens is 264 g/mol. The summed E-state index contributed by atoms with van der Waals surface area (Å²) in [6, 6.07) is 13.8. The van der Waals surface area contributed by atoms with Crippen LogP contribution in [0.15, 0.2) is 54.7 Å². The molecule has 5 nitrogen and oxygen atoms in total. The number of hydrogen-bond acceptors (Lipinski definition) is 4. The van der Waals surface area contributed by atoms with Crippen LogP contribution >= 0.6 is 0 Å². The van der Waals surface area contributed by atoms with Crippen molar-refractivity contribution in [2.24, 2.45) is 0 Å². The highest BCUT2D eigenvalue weighted by Gasteiger charge is 2.08. The van der Waals surface area contributed by atoms with Gasteiger partial charge in [-0.3, -0.25) is 0 Å². The Morgan fingerprint density at radius 1 is 1.14 bits per heavy atom. The Kier molecular flexibility index (Phi) is 3.55. The Hall–Kier alpha value is -2.82. The molecule has 1 N–H and O–H groups in total. The summed E-state index contributed by atoms with van der Waals surface area (Å²) in [5, 5.41) is 7.52. The van der Waals surface area contributed by atoms with E-state index in [1.54, 1.807) is 7.11 Å². The van der Waals surface area contributed by atoms with E-state index in [0.29, 0.717) is 5.95 Å². The van der Waals surface area contributed by atoms with E-state index in [-0.39, 0.29) is 0 Å². The molecule has 0 saturated heterocycles. The summed E-state index contributed by atoms with van der Waals surface area (Å²) in [7, 11) is 1.66. The molecule has 0 aliphatic rings. The molecule has 0 fully saturated rings. The zero-order valence-corrected chi connectivity index (χ0v) is 11.9. The van der Waals surface area contributed by atoms with E-state index in [1.165, 1.54) is 0 Å². The summed E-state index contributed by atoms with van der Waals surface area (Å²) in [6.45, 7) is 1.94. The lowest BCUT2D eigenvalue weighted by Gasteiger charge is -2.05. The second kappa shape index (κ2) is 5.66. The van der Waals surface area contributed by atoms with Gasteiger partial charge in [-0.05, 0) is 49.5 Å². The third kappa shape index (κ3) is 2.58. The Balaban J connectivity index is 2.06. The molecule has 106 valence electrons. The number of aromatic nitrogens is 3. The first-order chi connectivity index (χ1) is 10.3. The van der Waals surface area contributed by atoms with Gasteiger partial charge >= 0.3 is 0 Å². The fourth-order valence-corrected chi connectivity index (χ4v) is 2.10. The van der Waals surface area contributed by atoms with Crippen molar-refractivity contribution in [1.82, 2.24) is 14.6 Å². The van der Waals surface area contributed by atoms with E-state index in [2.05, 4.69) is 15.4 Å². The molecule has 2 heterocycles. The first kappa shape index (κ1) is 13.2. The smallest absolute Gasteiger partial charge is 0.247 e. The number of nitrogens with one attached hydrogen (secondary N) is 1.